The molecule has 4 aromatic rings. The summed E-state index contributed by atoms with van der Waals surface area (Å²) >= 11 is 0. The van der Waals surface area contributed by atoms with Crippen molar-refractivity contribution in [2.75, 3.05) is 0 Å². The molecule has 0 radical (unpaired) electrons. The predicted octanol–water partition coefficient (Wildman–Crippen LogP) is 5.30. The van der Waals surface area contributed by atoms with Gasteiger partial charge in [-0.05, 0) is 28.8 Å². The zero-order valence-electron chi connectivity index (χ0n) is 10.8. The average Bonchev–Trinajstić information content (AvgIpc) is 2.86. The first kappa shape index (κ1) is 10.6. The van der Waals surface area contributed by atoms with Crippen molar-refractivity contribution >= 4 is 32.7 Å². The van der Waals surface area contributed by atoms with Gasteiger partial charge in [-0.25, -0.2) is 0 Å². The van der Waals surface area contributed by atoms with Crippen LogP contribution in [0.15, 0.2) is 59.0 Å². The number of hydrogen-bond acceptors (Lipinski definition) is 1. The minimum atomic E-state index is 0.981. The summed E-state index contributed by atoms with van der Waals surface area (Å²) < 4.78 is 6.08. The second-order valence-corrected chi connectivity index (χ2v) is 4.91. The maximum atomic E-state index is 6.08. The summed E-state index contributed by atoms with van der Waals surface area (Å²) in [4.78, 5) is 0. The Hall–Kier alpha value is -2.28. The monoisotopic (exact) mass is 246 g/mol. The number of hydrogen-bond donors (Lipinski definition) is 0. The molecule has 1 heteroatoms. The van der Waals surface area contributed by atoms with Crippen LogP contribution in [-0.2, 0) is 6.42 Å². The highest BCUT2D eigenvalue weighted by Gasteiger charge is 2.11. The molecule has 0 fully saturated rings. The Labute approximate surface area is 111 Å². The molecule has 1 heterocycles. The molecule has 0 saturated heterocycles. The summed E-state index contributed by atoms with van der Waals surface area (Å²) in [5, 5.41) is 5.00. The Morgan fingerprint density at radius 1 is 0.842 bits per heavy atom. The van der Waals surface area contributed by atoms with Gasteiger partial charge in [-0.3, -0.25) is 0 Å². The fourth-order valence-corrected chi connectivity index (χ4v) is 2.91. The first-order valence-electron chi connectivity index (χ1n) is 6.70. The molecule has 0 atom stereocenters. The van der Waals surface area contributed by atoms with Crippen LogP contribution in [-0.4, -0.2) is 0 Å². The van der Waals surface area contributed by atoms with Crippen LogP contribution < -0.4 is 0 Å². The molecule has 0 unspecified atom stereocenters. The van der Waals surface area contributed by atoms with E-state index in [0.717, 1.165) is 17.6 Å². The van der Waals surface area contributed by atoms with Crippen molar-refractivity contribution in [1.82, 2.24) is 0 Å². The van der Waals surface area contributed by atoms with Crippen LogP contribution in [0.5, 0.6) is 0 Å². The van der Waals surface area contributed by atoms with Gasteiger partial charge >= 0.3 is 0 Å². The van der Waals surface area contributed by atoms with Crippen molar-refractivity contribution < 1.29 is 4.42 Å². The highest BCUT2D eigenvalue weighted by atomic mass is 16.3. The van der Waals surface area contributed by atoms with Crippen LogP contribution in [0.2, 0.25) is 0 Å². The summed E-state index contributed by atoms with van der Waals surface area (Å²) in [5.41, 5.74) is 3.30. The van der Waals surface area contributed by atoms with E-state index in [1.807, 2.05) is 0 Å². The van der Waals surface area contributed by atoms with Gasteiger partial charge in [0, 0.05) is 10.8 Å². The normalized spacial score (nSPS) is 11.6. The minimum absolute atomic E-state index is 0.981. The maximum Gasteiger partial charge on any atom is 0.138 e. The molecule has 0 spiro atoms. The van der Waals surface area contributed by atoms with E-state index in [0.29, 0.717) is 0 Å². The van der Waals surface area contributed by atoms with E-state index >= 15 is 0 Å². The number of rotatable bonds is 1. The molecule has 0 aliphatic heterocycles. The Kier molecular flexibility index (Phi) is 2.16. The number of fused-ring (bicyclic) bond motifs is 5. The van der Waals surface area contributed by atoms with E-state index < -0.39 is 0 Å². The molecule has 0 aliphatic carbocycles. The first-order chi connectivity index (χ1) is 9.38. The van der Waals surface area contributed by atoms with Crippen molar-refractivity contribution in [3.63, 3.8) is 0 Å². The first-order valence-corrected chi connectivity index (χ1v) is 6.70. The summed E-state index contributed by atoms with van der Waals surface area (Å²) in [5.74, 6) is 0. The molecule has 0 N–H and O–H groups in total. The average molecular weight is 246 g/mol. The fourth-order valence-electron chi connectivity index (χ4n) is 2.91. The van der Waals surface area contributed by atoms with Gasteiger partial charge in [-0.15, -0.1) is 0 Å². The topological polar surface area (TPSA) is 13.1 Å². The lowest BCUT2D eigenvalue weighted by atomic mass is 10.0. The largest absolute Gasteiger partial charge is 0.456 e. The Morgan fingerprint density at radius 3 is 2.58 bits per heavy atom. The lowest BCUT2D eigenvalue weighted by Gasteiger charge is -1.99. The molecular formula is C18H14O. The second-order valence-electron chi connectivity index (χ2n) is 4.91. The van der Waals surface area contributed by atoms with Crippen LogP contribution in [0.25, 0.3) is 32.7 Å². The number of para-hydroxylation sites is 1. The summed E-state index contributed by atoms with van der Waals surface area (Å²) in [6.07, 6.45) is 0.995. The second kappa shape index (κ2) is 3.86. The number of furan rings is 1. The smallest absolute Gasteiger partial charge is 0.138 e. The van der Waals surface area contributed by atoms with Gasteiger partial charge in [-0.2, -0.15) is 0 Å². The zero-order chi connectivity index (χ0) is 12.8. The molecule has 1 nitrogen and oxygen atoms in total. The van der Waals surface area contributed by atoms with E-state index in [4.69, 9.17) is 4.42 Å². The SMILES string of the molecule is CCc1cccc2c1oc1ccc3ccccc3c12. The lowest BCUT2D eigenvalue weighted by Crippen LogP contribution is -1.79. The molecule has 4 rings (SSSR count). The van der Waals surface area contributed by atoms with Crippen LogP contribution in [0.4, 0.5) is 0 Å². The van der Waals surface area contributed by atoms with Gasteiger partial charge < -0.3 is 4.42 Å². The third-order valence-corrected chi connectivity index (χ3v) is 3.85. The van der Waals surface area contributed by atoms with Crippen molar-refractivity contribution in [3.8, 4) is 0 Å². The van der Waals surface area contributed by atoms with Crippen LogP contribution in [0.3, 0.4) is 0 Å². The summed E-state index contributed by atoms with van der Waals surface area (Å²) in [6, 6.07) is 19.1. The highest BCUT2D eigenvalue weighted by Crippen LogP contribution is 2.35. The predicted molar refractivity (Wildman–Crippen MR) is 80.6 cm³/mol. The molecule has 3 aromatic carbocycles. The molecule has 92 valence electrons. The van der Waals surface area contributed by atoms with E-state index in [2.05, 4.69) is 61.5 Å². The van der Waals surface area contributed by atoms with Gasteiger partial charge in [0.15, 0.2) is 0 Å². The number of benzene rings is 3. The third-order valence-electron chi connectivity index (χ3n) is 3.85. The van der Waals surface area contributed by atoms with Gasteiger partial charge in [0.1, 0.15) is 11.2 Å². The number of aryl methyl sites for hydroxylation is 1. The Bertz CT molecular complexity index is 899. The van der Waals surface area contributed by atoms with Crippen molar-refractivity contribution in [2.24, 2.45) is 0 Å². The standard InChI is InChI=1S/C18H14O/c1-2-12-7-5-9-15-17-14-8-4-3-6-13(14)10-11-16(17)19-18(12)15/h3-11H,2H2,1H3. The van der Waals surface area contributed by atoms with E-state index in [1.165, 1.54) is 27.1 Å². The molecule has 0 saturated carbocycles. The van der Waals surface area contributed by atoms with E-state index in [1.54, 1.807) is 0 Å². The van der Waals surface area contributed by atoms with E-state index in [9.17, 15) is 0 Å². The molecule has 0 aliphatic rings. The quantitative estimate of drug-likeness (QED) is 0.444. The minimum Gasteiger partial charge on any atom is -0.456 e. The molecule has 1 aromatic heterocycles. The van der Waals surface area contributed by atoms with Gasteiger partial charge in [0.2, 0.25) is 0 Å². The molecule has 0 amide bonds. The zero-order valence-corrected chi connectivity index (χ0v) is 10.8. The summed E-state index contributed by atoms with van der Waals surface area (Å²) in [7, 11) is 0. The van der Waals surface area contributed by atoms with Crippen molar-refractivity contribution in [2.45, 2.75) is 13.3 Å². The lowest BCUT2D eigenvalue weighted by molar-refractivity contribution is 0.663. The molecular weight excluding hydrogens is 232 g/mol. The van der Waals surface area contributed by atoms with E-state index in [-0.39, 0.29) is 0 Å². The Balaban J connectivity index is 2.30. The van der Waals surface area contributed by atoms with Gasteiger partial charge in [0.05, 0.1) is 0 Å². The van der Waals surface area contributed by atoms with Crippen molar-refractivity contribution in [3.05, 3.63) is 60.2 Å². The van der Waals surface area contributed by atoms with Crippen LogP contribution >= 0.6 is 0 Å². The van der Waals surface area contributed by atoms with Gasteiger partial charge in [-0.1, -0.05) is 55.5 Å². The third kappa shape index (κ3) is 1.42. The Morgan fingerprint density at radius 2 is 1.68 bits per heavy atom. The molecule has 19 heavy (non-hydrogen) atoms. The van der Waals surface area contributed by atoms with Crippen LogP contribution in [0, 0.1) is 0 Å². The molecule has 0 bridgehead atoms. The highest BCUT2D eigenvalue weighted by molar-refractivity contribution is 6.19. The maximum absolute atomic E-state index is 6.08. The fraction of sp³-hybridized carbons (Fsp3) is 0.111. The van der Waals surface area contributed by atoms with Crippen molar-refractivity contribution in [1.29, 1.82) is 0 Å². The van der Waals surface area contributed by atoms with Gasteiger partial charge in [0.25, 0.3) is 0 Å². The van der Waals surface area contributed by atoms with Crippen LogP contribution in [0.1, 0.15) is 12.5 Å². The summed E-state index contributed by atoms with van der Waals surface area (Å²) in [6.45, 7) is 2.17.